The molecule has 110 valence electrons. The average molecular weight is 274 g/mol. The van der Waals surface area contributed by atoms with Crippen molar-refractivity contribution in [2.24, 2.45) is 5.92 Å². The molecule has 2 N–H and O–H groups in total. The molecule has 0 amide bonds. The van der Waals surface area contributed by atoms with Crippen molar-refractivity contribution in [3.05, 3.63) is 22.9 Å². The summed E-state index contributed by atoms with van der Waals surface area (Å²) in [5.74, 6) is 2.01. The number of anilines is 1. The Kier molecular flexibility index (Phi) is 4.22. The summed E-state index contributed by atoms with van der Waals surface area (Å²) in [6.45, 7) is 3.96. The average Bonchev–Trinajstić information content (AvgIpc) is 3.09. The second-order valence-electron chi connectivity index (χ2n) is 6.23. The lowest BCUT2D eigenvalue weighted by Gasteiger charge is -2.23. The van der Waals surface area contributed by atoms with Gasteiger partial charge in [0.2, 0.25) is 0 Å². The Morgan fingerprint density at radius 1 is 1.35 bits per heavy atom. The monoisotopic (exact) mass is 274 g/mol. The molecule has 0 saturated heterocycles. The third kappa shape index (κ3) is 2.81. The third-order valence-electron chi connectivity index (χ3n) is 4.65. The summed E-state index contributed by atoms with van der Waals surface area (Å²) < 4.78 is 0. The molecule has 0 bridgehead atoms. The molecule has 4 nitrogen and oxygen atoms in total. The smallest absolute Gasteiger partial charge is 0.128 e. The lowest BCUT2D eigenvalue weighted by molar-refractivity contribution is 0.544. The Morgan fingerprint density at radius 2 is 2.15 bits per heavy atom. The van der Waals surface area contributed by atoms with Crippen LogP contribution in [0.2, 0.25) is 0 Å². The molecule has 0 unspecified atom stereocenters. The highest BCUT2D eigenvalue weighted by Gasteiger charge is 2.21. The zero-order valence-electron chi connectivity index (χ0n) is 12.7. The SMILES string of the molecule is CNCc1nc(N(C)CC2CCCC2)cc2c1CNC2. The number of hydrogen-bond donors (Lipinski definition) is 2. The van der Waals surface area contributed by atoms with Crippen molar-refractivity contribution in [1.82, 2.24) is 15.6 Å². The van der Waals surface area contributed by atoms with Crippen LogP contribution in [0.4, 0.5) is 5.82 Å². The first kappa shape index (κ1) is 13.8. The van der Waals surface area contributed by atoms with Gasteiger partial charge in [-0.25, -0.2) is 4.98 Å². The van der Waals surface area contributed by atoms with Crippen LogP contribution in [0.1, 0.15) is 42.5 Å². The molecule has 0 radical (unpaired) electrons. The molecule has 0 aromatic carbocycles. The largest absolute Gasteiger partial charge is 0.359 e. The number of aromatic nitrogens is 1. The van der Waals surface area contributed by atoms with E-state index in [0.717, 1.165) is 37.9 Å². The van der Waals surface area contributed by atoms with E-state index in [2.05, 4.69) is 28.6 Å². The van der Waals surface area contributed by atoms with Crippen molar-refractivity contribution in [2.75, 3.05) is 25.5 Å². The minimum atomic E-state index is 0.856. The molecule has 3 rings (SSSR count). The number of nitrogens with one attached hydrogen (secondary N) is 2. The van der Waals surface area contributed by atoms with E-state index in [9.17, 15) is 0 Å². The van der Waals surface area contributed by atoms with E-state index in [1.165, 1.54) is 42.5 Å². The highest BCUT2D eigenvalue weighted by atomic mass is 15.2. The molecule has 1 aliphatic heterocycles. The molecule has 1 aromatic rings. The van der Waals surface area contributed by atoms with Gasteiger partial charge in [-0.15, -0.1) is 0 Å². The predicted octanol–water partition coefficient (Wildman–Crippen LogP) is 2.03. The van der Waals surface area contributed by atoms with Gasteiger partial charge in [0.1, 0.15) is 5.82 Å². The summed E-state index contributed by atoms with van der Waals surface area (Å²) in [7, 11) is 4.18. The van der Waals surface area contributed by atoms with E-state index < -0.39 is 0 Å². The Morgan fingerprint density at radius 3 is 2.90 bits per heavy atom. The summed E-state index contributed by atoms with van der Waals surface area (Å²) in [6.07, 6.45) is 5.59. The molecular weight excluding hydrogens is 248 g/mol. The molecule has 1 fully saturated rings. The highest BCUT2D eigenvalue weighted by molar-refractivity contribution is 5.47. The van der Waals surface area contributed by atoms with E-state index in [4.69, 9.17) is 4.98 Å². The quantitative estimate of drug-likeness (QED) is 0.862. The number of nitrogens with zero attached hydrogens (tertiary/aromatic N) is 2. The number of rotatable bonds is 5. The van der Waals surface area contributed by atoms with Gasteiger partial charge < -0.3 is 15.5 Å². The van der Waals surface area contributed by atoms with Crippen LogP contribution in [-0.4, -0.2) is 25.6 Å². The number of pyridine rings is 1. The maximum Gasteiger partial charge on any atom is 0.128 e. The van der Waals surface area contributed by atoms with E-state index in [-0.39, 0.29) is 0 Å². The van der Waals surface area contributed by atoms with Gasteiger partial charge in [-0.3, -0.25) is 0 Å². The van der Waals surface area contributed by atoms with Crippen LogP contribution in [0.15, 0.2) is 6.07 Å². The van der Waals surface area contributed by atoms with Crippen molar-refractivity contribution in [2.45, 2.75) is 45.3 Å². The second-order valence-corrected chi connectivity index (χ2v) is 6.23. The maximum absolute atomic E-state index is 4.90. The van der Waals surface area contributed by atoms with Crippen molar-refractivity contribution in [1.29, 1.82) is 0 Å². The van der Waals surface area contributed by atoms with E-state index in [1.54, 1.807) is 0 Å². The van der Waals surface area contributed by atoms with Gasteiger partial charge in [0.05, 0.1) is 5.69 Å². The fourth-order valence-corrected chi connectivity index (χ4v) is 3.54. The van der Waals surface area contributed by atoms with Gasteiger partial charge >= 0.3 is 0 Å². The summed E-state index contributed by atoms with van der Waals surface area (Å²) in [4.78, 5) is 7.25. The Labute approximate surface area is 122 Å². The first-order valence-electron chi connectivity index (χ1n) is 7.86. The van der Waals surface area contributed by atoms with E-state index in [1.807, 2.05) is 7.05 Å². The summed E-state index contributed by atoms with van der Waals surface area (Å²) in [5, 5.41) is 6.68. The molecule has 1 aliphatic carbocycles. The maximum atomic E-state index is 4.90. The molecule has 1 aromatic heterocycles. The molecule has 20 heavy (non-hydrogen) atoms. The second kappa shape index (κ2) is 6.10. The zero-order chi connectivity index (χ0) is 13.9. The van der Waals surface area contributed by atoms with Crippen LogP contribution in [-0.2, 0) is 19.6 Å². The van der Waals surface area contributed by atoms with Crippen molar-refractivity contribution >= 4 is 5.82 Å². The minimum Gasteiger partial charge on any atom is -0.359 e. The van der Waals surface area contributed by atoms with Gasteiger partial charge in [0, 0.05) is 33.2 Å². The minimum absolute atomic E-state index is 0.856. The van der Waals surface area contributed by atoms with Crippen LogP contribution in [0.25, 0.3) is 0 Å². The van der Waals surface area contributed by atoms with Crippen molar-refractivity contribution in [3.8, 4) is 0 Å². The summed E-state index contributed by atoms with van der Waals surface area (Å²) in [5.41, 5.74) is 4.04. The standard InChI is InChI=1S/C16H26N4/c1-17-10-15-14-9-18-8-13(14)7-16(19-15)20(2)11-12-5-3-4-6-12/h7,12,17-18H,3-6,8-11H2,1-2H3. The van der Waals surface area contributed by atoms with Crippen molar-refractivity contribution < 1.29 is 0 Å². The highest BCUT2D eigenvalue weighted by Crippen LogP contribution is 2.28. The summed E-state index contributed by atoms with van der Waals surface area (Å²) in [6, 6.07) is 2.28. The Balaban J connectivity index is 1.79. The molecule has 0 spiro atoms. The van der Waals surface area contributed by atoms with Crippen LogP contribution < -0.4 is 15.5 Å². The van der Waals surface area contributed by atoms with E-state index in [0.29, 0.717) is 0 Å². The summed E-state index contributed by atoms with van der Waals surface area (Å²) >= 11 is 0. The number of fused-ring (bicyclic) bond motifs is 1. The Hall–Kier alpha value is -1.13. The van der Waals surface area contributed by atoms with Gasteiger partial charge in [-0.2, -0.15) is 0 Å². The van der Waals surface area contributed by atoms with E-state index >= 15 is 0 Å². The Bertz CT molecular complexity index is 466. The van der Waals surface area contributed by atoms with Crippen LogP contribution >= 0.6 is 0 Å². The normalized spacial score (nSPS) is 18.5. The first-order valence-corrected chi connectivity index (χ1v) is 7.86. The van der Waals surface area contributed by atoms with Crippen LogP contribution in [0, 0.1) is 5.92 Å². The lowest BCUT2D eigenvalue weighted by Crippen LogP contribution is -2.26. The predicted molar refractivity (Wildman–Crippen MR) is 82.8 cm³/mol. The van der Waals surface area contributed by atoms with Gasteiger partial charge in [0.15, 0.2) is 0 Å². The fraction of sp³-hybridized carbons (Fsp3) is 0.688. The molecular formula is C16H26N4. The van der Waals surface area contributed by atoms with Gasteiger partial charge in [-0.05, 0) is 43.0 Å². The zero-order valence-corrected chi connectivity index (χ0v) is 12.7. The topological polar surface area (TPSA) is 40.2 Å². The lowest BCUT2D eigenvalue weighted by atomic mass is 10.1. The van der Waals surface area contributed by atoms with Crippen LogP contribution in [0.5, 0.6) is 0 Å². The van der Waals surface area contributed by atoms with Gasteiger partial charge in [0.25, 0.3) is 0 Å². The number of hydrogen-bond acceptors (Lipinski definition) is 4. The molecule has 2 heterocycles. The molecule has 4 heteroatoms. The molecule has 2 aliphatic rings. The first-order chi connectivity index (χ1) is 9.78. The fourth-order valence-electron chi connectivity index (χ4n) is 3.54. The van der Waals surface area contributed by atoms with Gasteiger partial charge in [-0.1, -0.05) is 12.8 Å². The van der Waals surface area contributed by atoms with Crippen molar-refractivity contribution in [3.63, 3.8) is 0 Å². The van der Waals surface area contributed by atoms with Crippen LogP contribution in [0.3, 0.4) is 0 Å². The molecule has 0 atom stereocenters. The third-order valence-corrected chi connectivity index (χ3v) is 4.65. The molecule has 1 saturated carbocycles.